The van der Waals surface area contributed by atoms with Crippen molar-refractivity contribution < 1.29 is 5.11 Å². The fourth-order valence-corrected chi connectivity index (χ4v) is 45.4. The van der Waals surface area contributed by atoms with E-state index >= 15 is 0 Å². The fraction of sp³-hybridized carbons (Fsp3) is 1.00. The van der Waals surface area contributed by atoms with E-state index < -0.39 is 26.5 Å². The van der Waals surface area contributed by atoms with Crippen molar-refractivity contribution >= 4 is 26.5 Å². The number of aliphatic hydroxyl groups excluding tert-OH is 1. The fourth-order valence-electron chi connectivity index (χ4n) is 6.11. The van der Waals surface area contributed by atoms with Crippen LogP contribution in [0.25, 0.3) is 0 Å². The van der Waals surface area contributed by atoms with Gasteiger partial charge in [-0.1, -0.05) is 0 Å². The minimum absolute atomic E-state index is 0.00215. The van der Waals surface area contributed by atoms with Crippen molar-refractivity contribution in [2.45, 2.75) is 128 Å². The molecule has 0 aromatic rings. The molecule has 1 fully saturated rings. The first kappa shape index (κ1) is 24.0. The van der Waals surface area contributed by atoms with E-state index in [1.165, 1.54) is 44.9 Å². The second-order valence-electron chi connectivity index (χ2n) is 9.98. The summed E-state index contributed by atoms with van der Waals surface area (Å²) in [7, 11) is -1.28. The summed E-state index contributed by atoms with van der Waals surface area (Å²) in [5.41, 5.74) is 0. The Hall–Kier alpha value is 0.976. The van der Waals surface area contributed by atoms with Crippen LogP contribution >= 0.6 is 0 Å². The summed E-state index contributed by atoms with van der Waals surface area (Å²) in [5.74, 6) is 0.681. The first-order valence-corrected chi connectivity index (χ1v) is 22.4. The van der Waals surface area contributed by atoms with Crippen LogP contribution in [0.2, 0.25) is 36.0 Å². The van der Waals surface area contributed by atoms with Crippen LogP contribution in [0, 0.1) is 5.92 Å². The van der Waals surface area contributed by atoms with E-state index in [1.807, 2.05) is 0 Å². The van der Waals surface area contributed by atoms with Crippen LogP contribution in [0.15, 0.2) is 0 Å². The van der Waals surface area contributed by atoms with E-state index in [2.05, 4.69) is 47.3 Å². The Kier molecular flexibility index (Phi) is 10.1. The van der Waals surface area contributed by atoms with Gasteiger partial charge in [0.2, 0.25) is 0 Å². The third-order valence-corrected chi connectivity index (χ3v) is 38.9. The van der Waals surface area contributed by atoms with Gasteiger partial charge in [-0.3, -0.25) is 0 Å². The second-order valence-corrected chi connectivity index (χ2v) is 30.9. The maximum absolute atomic E-state index is 11.0. The van der Waals surface area contributed by atoms with Gasteiger partial charge in [0.1, 0.15) is 0 Å². The molecule has 3 heteroatoms. The van der Waals surface area contributed by atoms with Gasteiger partial charge in [0, 0.05) is 0 Å². The van der Waals surface area contributed by atoms with Crippen molar-refractivity contribution in [1.29, 1.82) is 0 Å². The quantitative estimate of drug-likeness (QED) is 0.256. The summed E-state index contributed by atoms with van der Waals surface area (Å²) < 4.78 is 5.54. The number of hydrogen-bond acceptors (Lipinski definition) is 1. The first-order chi connectivity index (χ1) is 11.8. The molecular weight excluding hydrogens is 427 g/mol. The van der Waals surface area contributed by atoms with E-state index in [0.717, 1.165) is 12.8 Å². The summed E-state index contributed by atoms with van der Waals surface area (Å²) >= 11 is -2.32. The van der Waals surface area contributed by atoms with Crippen LogP contribution in [0.5, 0.6) is 0 Å². The Labute approximate surface area is 164 Å². The SMILES string of the molecule is CCC[CH2][Sn]([CH2]CCC)([CH2]CCC)[C@@]1([Si](C)(C)C)C[C@H]1[C@H](O)CCC. The molecule has 0 aromatic carbocycles. The van der Waals surface area contributed by atoms with Crippen molar-refractivity contribution in [2.75, 3.05) is 0 Å². The Morgan fingerprint density at radius 2 is 1.32 bits per heavy atom. The summed E-state index contributed by atoms with van der Waals surface area (Å²) in [6.07, 6.45) is 12.1. The molecule has 1 rings (SSSR count). The van der Waals surface area contributed by atoms with Gasteiger partial charge < -0.3 is 0 Å². The predicted molar refractivity (Wildman–Crippen MR) is 120 cm³/mol. The second kappa shape index (κ2) is 10.5. The van der Waals surface area contributed by atoms with Crippen LogP contribution in [0.4, 0.5) is 0 Å². The van der Waals surface area contributed by atoms with E-state index in [-0.39, 0.29) is 6.10 Å². The third-order valence-electron chi connectivity index (χ3n) is 7.37. The van der Waals surface area contributed by atoms with Crippen molar-refractivity contribution in [1.82, 2.24) is 0 Å². The number of hydrogen-bond donors (Lipinski definition) is 1. The summed E-state index contributed by atoms with van der Waals surface area (Å²) in [6.45, 7) is 17.3. The van der Waals surface area contributed by atoms with Gasteiger partial charge in [0.25, 0.3) is 0 Å². The molecule has 3 atom stereocenters. The van der Waals surface area contributed by atoms with Crippen LogP contribution in [0.3, 0.4) is 0 Å². The van der Waals surface area contributed by atoms with E-state index in [4.69, 9.17) is 0 Å². The zero-order valence-electron chi connectivity index (χ0n) is 18.6. The Bertz CT molecular complexity index is 357. The minimum atomic E-state index is -2.32. The Morgan fingerprint density at radius 1 is 0.880 bits per heavy atom. The molecule has 0 saturated heterocycles. The molecule has 0 unspecified atom stereocenters. The van der Waals surface area contributed by atoms with Crippen LogP contribution < -0.4 is 0 Å². The molecule has 0 amide bonds. The number of aliphatic hydroxyl groups is 1. The molecule has 1 aliphatic carbocycles. The Morgan fingerprint density at radius 3 is 1.64 bits per heavy atom. The molecule has 0 spiro atoms. The molecule has 25 heavy (non-hydrogen) atoms. The van der Waals surface area contributed by atoms with Gasteiger partial charge in [-0.15, -0.1) is 0 Å². The van der Waals surface area contributed by atoms with E-state index in [9.17, 15) is 5.11 Å². The maximum atomic E-state index is 11.0. The average molecular weight is 475 g/mol. The molecule has 150 valence electrons. The first-order valence-electron chi connectivity index (χ1n) is 11.4. The molecule has 1 aliphatic rings. The molecule has 0 aliphatic heterocycles. The summed E-state index contributed by atoms with van der Waals surface area (Å²) in [4.78, 5) is 0. The summed E-state index contributed by atoms with van der Waals surface area (Å²) in [6, 6.07) is 0. The monoisotopic (exact) mass is 476 g/mol. The van der Waals surface area contributed by atoms with Gasteiger partial charge in [-0.2, -0.15) is 0 Å². The zero-order chi connectivity index (χ0) is 19.1. The van der Waals surface area contributed by atoms with Gasteiger partial charge in [-0.05, 0) is 0 Å². The molecule has 1 nitrogen and oxygen atoms in total. The molecule has 1 saturated carbocycles. The standard InChI is InChI=1S/C10H21OSi.3C4H9.Sn/c1-5-6-9(11)8-7-10(8)12(2,3)4;3*1-3-4-2;/h8-9,11H,5-7H2,1-4H3;3*1,3-4H2,2H3;/t8-,9+;;;;/m0..../s1. The molecule has 0 bridgehead atoms. The summed E-state index contributed by atoms with van der Waals surface area (Å²) in [5, 5.41) is 11.0. The third kappa shape index (κ3) is 5.28. The topological polar surface area (TPSA) is 20.2 Å². The van der Waals surface area contributed by atoms with E-state index in [0.29, 0.717) is 8.97 Å². The van der Waals surface area contributed by atoms with E-state index in [1.54, 1.807) is 13.3 Å². The number of rotatable bonds is 14. The van der Waals surface area contributed by atoms with Crippen LogP contribution in [-0.2, 0) is 0 Å². The van der Waals surface area contributed by atoms with Crippen molar-refractivity contribution in [3.63, 3.8) is 0 Å². The molecule has 0 heterocycles. The van der Waals surface area contributed by atoms with Gasteiger partial charge in [-0.25, -0.2) is 0 Å². The normalized spacial score (nSPS) is 25.2. The van der Waals surface area contributed by atoms with Crippen LogP contribution in [-0.4, -0.2) is 37.7 Å². The molecule has 0 aromatic heterocycles. The van der Waals surface area contributed by atoms with Crippen LogP contribution in [0.1, 0.15) is 85.5 Å². The van der Waals surface area contributed by atoms with Crippen molar-refractivity contribution in [3.05, 3.63) is 0 Å². The average Bonchev–Trinajstić information content (AvgIpc) is 3.32. The van der Waals surface area contributed by atoms with Gasteiger partial charge in [0.05, 0.1) is 0 Å². The molecule has 1 N–H and O–H groups in total. The number of unbranched alkanes of at least 4 members (excludes halogenated alkanes) is 3. The zero-order valence-corrected chi connectivity index (χ0v) is 22.4. The van der Waals surface area contributed by atoms with Gasteiger partial charge >= 0.3 is 165 Å². The van der Waals surface area contributed by atoms with Gasteiger partial charge in [0.15, 0.2) is 0 Å². The molecular formula is C22H48OSiSn. The predicted octanol–water partition coefficient (Wildman–Crippen LogP) is 7.63. The van der Waals surface area contributed by atoms with Crippen molar-refractivity contribution in [2.24, 2.45) is 5.92 Å². The molecule has 0 radical (unpaired) electrons. The van der Waals surface area contributed by atoms with Crippen molar-refractivity contribution in [3.8, 4) is 0 Å². The Balaban J connectivity index is 3.27.